The van der Waals surface area contributed by atoms with E-state index >= 15 is 0 Å². The average Bonchev–Trinajstić information content (AvgIpc) is 2.16. The number of aldehydes is 1. The minimum absolute atomic E-state index is 0.428. The summed E-state index contributed by atoms with van der Waals surface area (Å²) in [5.41, 5.74) is 2.74. The molecule has 2 heteroatoms. The summed E-state index contributed by atoms with van der Waals surface area (Å²) >= 11 is 0. The van der Waals surface area contributed by atoms with Gasteiger partial charge in [0.15, 0.2) is 6.29 Å². The molecule has 70 valence electrons. The van der Waals surface area contributed by atoms with E-state index < -0.39 is 0 Å². The van der Waals surface area contributed by atoms with E-state index in [1.54, 1.807) is 0 Å². The van der Waals surface area contributed by atoms with Crippen molar-refractivity contribution in [2.24, 2.45) is 0 Å². The van der Waals surface area contributed by atoms with Gasteiger partial charge in [-0.05, 0) is 24.0 Å². The monoisotopic (exact) mass is 177 g/mol. The number of hydrogen-bond donors (Lipinski definition) is 0. The quantitative estimate of drug-likeness (QED) is 0.664. The highest BCUT2D eigenvalue weighted by Crippen LogP contribution is 2.15. The van der Waals surface area contributed by atoms with E-state index in [0.29, 0.717) is 5.92 Å². The lowest BCUT2D eigenvalue weighted by Gasteiger charge is -2.07. The molecule has 0 atom stereocenters. The first-order chi connectivity index (χ1) is 6.19. The minimum Gasteiger partial charge on any atom is -0.298 e. The molecule has 0 aliphatic heterocycles. The molecule has 1 heterocycles. The molecule has 1 aromatic rings. The number of rotatable bonds is 3. The second kappa shape index (κ2) is 4.17. The topological polar surface area (TPSA) is 30.0 Å². The molecule has 0 amide bonds. The molecular formula is C11H15NO. The van der Waals surface area contributed by atoms with Crippen LogP contribution in [0.3, 0.4) is 0 Å². The van der Waals surface area contributed by atoms with E-state index in [1.807, 2.05) is 19.2 Å². The van der Waals surface area contributed by atoms with Crippen molar-refractivity contribution >= 4 is 6.29 Å². The van der Waals surface area contributed by atoms with E-state index in [4.69, 9.17) is 0 Å². The molecule has 0 fully saturated rings. The van der Waals surface area contributed by atoms with Crippen molar-refractivity contribution in [1.29, 1.82) is 0 Å². The van der Waals surface area contributed by atoms with Gasteiger partial charge in [0.25, 0.3) is 0 Å². The molecule has 0 saturated carbocycles. The zero-order valence-electron chi connectivity index (χ0n) is 8.37. The predicted molar refractivity (Wildman–Crippen MR) is 53.1 cm³/mol. The maximum Gasteiger partial charge on any atom is 0.151 e. The van der Waals surface area contributed by atoms with Crippen LogP contribution in [0.15, 0.2) is 12.3 Å². The molecule has 13 heavy (non-hydrogen) atoms. The highest BCUT2D eigenvalue weighted by Gasteiger charge is 2.05. The molecule has 0 aliphatic rings. The van der Waals surface area contributed by atoms with E-state index in [2.05, 4.69) is 18.8 Å². The number of nitrogens with zero attached hydrogens (tertiary/aromatic N) is 1. The van der Waals surface area contributed by atoms with Gasteiger partial charge in [-0.3, -0.25) is 9.78 Å². The molecule has 0 aliphatic carbocycles. The molecule has 0 saturated heterocycles. The van der Waals surface area contributed by atoms with Crippen molar-refractivity contribution < 1.29 is 4.79 Å². The van der Waals surface area contributed by atoms with Crippen LogP contribution in [0.1, 0.15) is 48.3 Å². The summed E-state index contributed by atoms with van der Waals surface area (Å²) in [4.78, 5) is 15.0. The highest BCUT2D eigenvalue weighted by atomic mass is 16.1. The minimum atomic E-state index is 0.428. The Kier molecular flexibility index (Phi) is 3.18. The summed E-state index contributed by atoms with van der Waals surface area (Å²) < 4.78 is 0. The van der Waals surface area contributed by atoms with E-state index in [0.717, 1.165) is 29.5 Å². The summed E-state index contributed by atoms with van der Waals surface area (Å²) in [6, 6.07) is 1.93. The fourth-order valence-corrected chi connectivity index (χ4v) is 1.24. The van der Waals surface area contributed by atoms with Gasteiger partial charge >= 0.3 is 0 Å². The van der Waals surface area contributed by atoms with Crippen LogP contribution >= 0.6 is 0 Å². The number of aromatic nitrogens is 1. The Bertz CT molecular complexity index is 305. The maximum absolute atomic E-state index is 10.7. The average molecular weight is 177 g/mol. The Labute approximate surface area is 79.0 Å². The Morgan fingerprint density at radius 2 is 2.23 bits per heavy atom. The predicted octanol–water partition coefficient (Wildman–Crippen LogP) is 2.58. The largest absolute Gasteiger partial charge is 0.298 e. The molecule has 0 radical (unpaired) electrons. The highest BCUT2D eigenvalue weighted by molar-refractivity contribution is 5.76. The normalized spacial score (nSPS) is 10.5. The van der Waals surface area contributed by atoms with Crippen LogP contribution in [0.2, 0.25) is 0 Å². The van der Waals surface area contributed by atoms with E-state index in [1.165, 1.54) is 0 Å². The number of aryl methyl sites for hydroxylation is 1. The number of hydrogen-bond acceptors (Lipinski definition) is 2. The lowest BCUT2D eigenvalue weighted by atomic mass is 10.0. The van der Waals surface area contributed by atoms with Crippen LogP contribution in [0.4, 0.5) is 0 Å². The molecule has 0 spiro atoms. The van der Waals surface area contributed by atoms with Crippen molar-refractivity contribution in [3.05, 3.63) is 29.1 Å². The Morgan fingerprint density at radius 3 is 2.69 bits per heavy atom. The van der Waals surface area contributed by atoms with Crippen LogP contribution in [-0.2, 0) is 6.42 Å². The van der Waals surface area contributed by atoms with Gasteiger partial charge in [-0.25, -0.2) is 0 Å². The van der Waals surface area contributed by atoms with E-state index in [-0.39, 0.29) is 0 Å². The molecule has 0 bridgehead atoms. The lowest BCUT2D eigenvalue weighted by molar-refractivity contribution is 0.112. The van der Waals surface area contributed by atoms with Gasteiger partial charge < -0.3 is 0 Å². The first-order valence-corrected chi connectivity index (χ1v) is 4.63. The summed E-state index contributed by atoms with van der Waals surface area (Å²) in [5, 5.41) is 0. The third-order valence-corrected chi connectivity index (χ3v) is 2.15. The van der Waals surface area contributed by atoms with Gasteiger partial charge in [0.1, 0.15) is 0 Å². The van der Waals surface area contributed by atoms with Gasteiger partial charge in [0, 0.05) is 11.8 Å². The standard InChI is InChI=1S/C11H15NO/c1-4-11-10(7-13)5-9(6-12-11)8(2)3/h5-8H,4H2,1-3H3. The van der Waals surface area contributed by atoms with Crippen LogP contribution in [-0.4, -0.2) is 11.3 Å². The second-order valence-electron chi connectivity index (χ2n) is 3.43. The van der Waals surface area contributed by atoms with Crippen molar-refractivity contribution in [1.82, 2.24) is 4.98 Å². The first-order valence-electron chi connectivity index (χ1n) is 4.63. The zero-order valence-corrected chi connectivity index (χ0v) is 8.37. The zero-order chi connectivity index (χ0) is 9.84. The Hall–Kier alpha value is -1.18. The molecule has 2 nitrogen and oxygen atoms in total. The first kappa shape index (κ1) is 9.90. The van der Waals surface area contributed by atoms with Gasteiger partial charge in [-0.15, -0.1) is 0 Å². The van der Waals surface area contributed by atoms with Gasteiger partial charge in [0.05, 0.1) is 5.69 Å². The maximum atomic E-state index is 10.7. The van der Waals surface area contributed by atoms with Crippen molar-refractivity contribution in [3.63, 3.8) is 0 Å². The van der Waals surface area contributed by atoms with Crippen molar-refractivity contribution in [3.8, 4) is 0 Å². The van der Waals surface area contributed by atoms with Gasteiger partial charge in [0.2, 0.25) is 0 Å². The summed E-state index contributed by atoms with van der Waals surface area (Å²) in [6.07, 6.45) is 3.56. The van der Waals surface area contributed by atoms with Crippen LogP contribution in [0, 0.1) is 0 Å². The van der Waals surface area contributed by atoms with Crippen LogP contribution in [0.5, 0.6) is 0 Å². The fourth-order valence-electron chi connectivity index (χ4n) is 1.24. The molecule has 1 rings (SSSR count). The van der Waals surface area contributed by atoms with Crippen molar-refractivity contribution in [2.75, 3.05) is 0 Å². The molecular weight excluding hydrogens is 162 g/mol. The number of pyridine rings is 1. The molecule has 0 N–H and O–H groups in total. The van der Waals surface area contributed by atoms with Gasteiger partial charge in [-0.2, -0.15) is 0 Å². The van der Waals surface area contributed by atoms with Crippen molar-refractivity contribution in [2.45, 2.75) is 33.1 Å². The molecule has 0 unspecified atom stereocenters. The lowest BCUT2D eigenvalue weighted by Crippen LogP contribution is -1.98. The summed E-state index contributed by atoms with van der Waals surface area (Å²) in [7, 11) is 0. The summed E-state index contributed by atoms with van der Waals surface area (Å²) in [5.74, 6) is 0.428. The number of carbonyl (C=O) groups excluding carboxylic acids is 1. The fraction of sp³-hybridized carbons (Fsp3) is 0.455. The Morgan fingerprint density at radius 1 is 1.54 bits per heavy atom. The van der Waals surface area contributed by atoms with Crippen LogP contribution < -0.4 is 0 Å². The third kappa shape index (κ3) is 2.14. The van der Waals surface area contributed by atoms with Crippen LogP contribution in [0.25, 0.3) is 0 Å². The number of carbonyl (C=O) groups is 1. The molecule has 0 aromatic carbocycles. The van der Waals surface area contributed by atoms with E-state index in [9.17, 15) is 4.79 Å². The second-order valence-corrected chi connectivity index (χ2v) is 3.43. The summed E-state index contributed by atoms with van der Waals surface area (Å²) in [6.45, 7) is 6.19. The molecule has 1 aromatic heterocycles. The smallest absolute Gasteiger partial charge is 0.151 e. The van der Waals surface area contributed by atoms with Gasteiger partial charge in [-0.1, -0.05) is 20.8 Å². The Balaban J connectivity index is 3.13. The third-order valence-electron chi connectivity index (χ3n) is 2.15. The SMILES string of the molecule is CCc1ncc(C(C)C)cc1C=O.